The molecule has 1 fully saturated rings. The van der Waals surface area contributed by atoms with E-state index in [1.165, 1.54) is 6.33 Å². The summed E-state index contributed by atoms with van der Waals surface area (Å²) in [4.78, 5) is 31.7. The van der Waals surface area contributed by atoms with Crippen LogP contribution in [0, 0.1) is 5.92 Å². The SMILES string of the molecule is O=C(NC(Cn1cncn1)c1ccccc1)C1CCCN(C(=O)CCOc2ccccc2)C1. The molecule has 2 aromatic carbocycles. The lowest BCUT2D eigenvalue weighted by Crippen LogP contribution is -2.46. The van der Waals surface area contributed by atoms with Crippen molar-refractivity contribution in [2.75, 3.05) is 19.7 Å². The molecular weight excluding hydrogens is 418 g/mol. The molecule has 1 N–H and O–H groups in total. The van der Waals surface area contributed by atoms with Crippen LogP contribution >= 0.6 is 0 Å². The van der Waals surface area contributed by atoms with Gasteiger partial charge in [0.15, 0.2) is 0 Å². The molecule has 3 aromatic rings. The zero-order chi connectivity index (χ0) is 22.9. The Morgan fingerprint density at radius 2 is 1.85 bits per heavy atom. The fourth-order valence-corrected chi connectivity index (χ4v) is 4.07. The van der Waals surface area contributed by atoms with Crippen LogP contribution < -0.4 is 10.1 Å². The number of hydrogen-bond acceptors (Lipinski definition) is 5. The summed E-state index contributed by atoms with van der Waals surface area (Å²) in [5.41, 5.74) is 1.00. The molecule has 1 aromatic heterocycles. The van der Waals surface area contributed by atoms with Crippen molar-refractivity contribution in [2.24, 2.45) is 5.92 Å². The van der Waals surface area contributed by atoms with Gasteiger partial charge < -0.3 is 15.0 Å². The molecule has 0 radical (unpaired) electrons. The third-order valence-electron chi connectivity index (χ3n) is 5.83. The minimum absolute atomic E-state index is 0.0191. The van der Waals surface area contributed by atoms with E-state index in [0.29, 0.717) is 32.7 Å². The molecule has 0 aliphatic carbocycles. The smallest absolute Gasteiger partial charge is 0.226 e. The van der Waals surface area contributed by atoms with E-state index in [9.17, 15) is 9.59 Å². The number of carbonyl (C=O) groups is 2. The summed E-state index contributed by atoms with van der Waals surface area (Å²) in [6, 6.07) is 19.1. The molecule has 0 bridgehead atoms. The van der Waals surface area contributed by atoms with Gasteiger partial charge in [-0.1, -0.05) is 48.5 Å². The first-order valence-electron chi connectivity index (χ1n) is 11.3. The molecule has 33 heavy (non-hydrogen) atoms. The third kappa shape index (κ3) is 6.41. The van der Waals surface area contributed by atoms with E-state index < -0.39 is 0 Å². The van der Waals surface area contributed by atoms with Crippen LogP contribution in [-0.2, 0) is 16.1 Å². The lowest BCUT2D eigenvalue weighted by Gasteiger charge is -2.33. The number of likely N-dealkylation sites (tertiary alicyclic amines) is 1. The van der Waals surface area contributed by atoms with Crippen LogP contribution in [0.5, 0.6) is 5.75 Å². The van der Waals surface area contributed by atoms with Crippen molar-refractivity contribution in [3.63, 3.8) is 0 Å². The van der Waals surface area contributed by atoms with E-state index in [-0.39, 0.29) is 23.8 Å². The predicted octanol–water partition coefficient (Wildman–Crippen LogP) is 2.84. The Morgan fingerprint density at radius 1 is 1.09 bits per heavy atom. The molecule has 1 aliphatic rings. The van der Waals surface area contributed by atoms with Crippen LogP contribution in [0.25, 0.3) is 0 Å². The summed E-state index contributed by atoms with van der Waals surface area (Å²) in [5, 5.41) is 7.35. The second-order valence-electron chi connectivity index (χ2n) is 8.18. The first kappa shape index (κ1) is 22.5. The molecule has 2 amide bonds. The molecule has 1 aliphatic heterocycles. The van der Waals surface area contributed by atoms with Gasteiger partial charge in [-0.25, -0.2) is 4.98 Å². The topological polar surface area (TPSA) is 89.4 Å². The number of carbonyl (C=O) groups excluding carboxylic acids is 2. The number of aromatic nitrogens is 3. The first-order valence-corrected chi connectivity index (χ1v) is 11.3. The molecule has 8 nitrogen and oxygen atoms in total. The quantitative estimate of drug-likeness (QED) is 0.545. The summed E-state index contributed by atoms with van der Waals surface area (Å²) < 4.78 is 7.36. The maximum Gasteiger partial charge on any atom is 0.226 e. The molecule has 2 heterocycles. The number of piperidine rings is 1. The molecule has 1 saturated heterocycles. The summed E-state index contributed by atoms with van der Waals surface area (Å²) in [6.07, 6.45) is 4.99. The van der Waals surface area contributed by atoms with Crippen LogP contribution in [0.3, 0.4) is 0 Å². The van der Waals surface area contributed by atoms with Gasteiger partial charge in [0.2, 0.25) is 11.8 Å². The highest BCUT2D eigenvalue weighted by atomic mass is 16.5. The molecular formula is C25H29N5O3. The average Bonchev–Trinajstić information content (AvgIpc) is 3.38. The number of rotatable bonds is 9. The van der Waals surface area contributed by atoms with Crippen molar-refractivity contribution in [1.82, 2.24) is 25.0 Å². The van der Waals surface area contributed by atoms with Crippen molar-refractivity contribution >= 4 is 11.8 Å². The van der Waals surface area contributed by atoms with Gasteiger partial charge in [0.1, 0.15) is 18.4 Å². The van der Waals surface area contributed by atoms with Crippen molar-refractivity contribution in [3.8, 4) is 5.75 Å². The van der Waals surface area contributed by atoms with E-state index in [4.69, 9.17) is 4.74 Å². The van der Waals surface area contributed by atoms with Gasteiger partial charge in [0.25, 0.3) is 0 Å². The van der Waals surface area contributed by atoms with Gasteiger partial charge in [-0.3, -0.25) is 14.3 Å². The van der Waals surface area contributed by atoms with Crippen molar-refractivity contribution in [3.05, 3.63) is 78.9 Å². The van der Waals surface area contributed by atoms with Gasteiger partial charge in [-0.2, -0.15) is 5.10 Å². The molecule has 2 unspecified atom stereocenters. The molecule has 2 atom stereocenters. The number of amides is 2. The number of hydrogen-bond donors (Lipinski definition) is 1. The highest BCUT2D eigenvalue weighted by Crippen LogP contribution is 2.21. The van der Waals surface area contributed by atoms with Crippen molar-refractivity contribution < 1.29 is 14.3 Å². The molecule has 4 rings (SSSR count). The number of benzene rings is 2. The first-order chi connectivity index (χ1) is 16.2. The predicted molar refractivity (Wildman–Crippen MR) is 123 cm³/mol. The highest BCUT2D eigenvalue weighted by Gasteiger charge is 2.30. The Bertz CT molecular complexity index is 1010. The minimum Gasteiger partial charge on any atom is -0.493 e. The van der Waals surface area contributed by atoms with Crippen LogP contribution in [0.1, 0.15) is 30.9 Å². The van der Waals surface area contributed by atoms with E-state index in [1.807, 2.05) is 60.7 Å². The Balaban J connectivity index is 1.32. The van der Waals surface area contributed by atoms with Gasteiger partial charge >= 0.3 is 0 Å². The minimum atomic E-state index is -0.236. The second kappa shape index (κ2) is 11.3. The van der Waals surface area contributed by atoms with Crippen LogP contribution in [-0.4, -0.2) is 51.2 Å². The second-order valence-corrected chi connectivity index (χ2v) is 8.18. The van der Waals surface area contributed by atoms with E-state index in [0.717, 1.165) is 24.2 Å². The maximum atomic E-state index is 13.2. The molecule has 172 valence electrons. The van der Waals surface area contributed by atoms with E-state index in [2.05, 4.69) is 15.4 Å². The number of ether oxygens (including phenoxy) is 1. The lowest BCUT2D eigenvalue weighted by molar-refractivity contribution is -0.136. The Labute approximate surface area is 193 Å². The number of para-hydroxylation sites is 1. The summed E-state index contributed by atoms with van der Waals surface area (Å²) >= 11 is 0. The largest absolute Gasteiger partial charge is 0.493 e. The van der Waals surface area contributed by atoms with E-state index >= 15 is 0 Å². The highest BCUT2D eigenvalue weighted by molar-refractivity contribution is 5.81. The zero-order valence-corrected chi connectivity index (χ0v) is 18.5. The van der Waals surface area contributed by atoms with Gasteiger partial charge in [0, 0.05) is 13.1 Å². The summed E-state index contributed by atoms with van der Waals surface area (Å²) in [5.74, 6) is 0.493. The fraction of sp³-hybridized carbons (Fsp3) is 0.360. The van der Waals surface area contributed by atoms with Gasteiger partial charge in [-0.05, 0) is 30.5 Å². The van der Waals surface area contributed by atoms with Crippen LogP contribution in [0.2, 0.25) is 0 Å². The number of nitrogens with zero attached hydrogens (tertiary/aromatic N) is 4. The number of nitrogens with one attached hydrogen (secondary N) is 1. The normalized spacial score (nSPS) is 16.7. The average molecular weight is 448 g/mol. The van der Waals surface area contributed by atoms with Crippen LogP contribution in [0.4, 0.5) is 0 Å². The van der Waals surface area contributed by atoms with Crippen LogP contribution in [0.15, 0.2) is 73.3 Å². The van der Waals surface area contributed by atoms with E-state index in [1.54, 1.807) is 15.9 Å². The Morgan fingerprint density at radius 3 is 2.58 bits per heavy atom. The van der Waals surface area contributed by atoms with Crippen molar-refractivity contribution in [1.29, 1.82) is 0 Å². The summed E-state index contributed by atoms with van der Waals surface area (Å²) in [7, 11) is 0. The Kier molecular flexibility index (Phi) is 7.68. The van der Waals surface area contributed by atoms with Gasteiger partial charge in [-0.15, -0.1) is 0 Å². The Hall–Kier alpha value is -3.68. The molecule has 0 saturated carbocycles. The molecule has 0 spiro atoms. The maximum absolute atomic E-state index is 13.2. The summed E-state index contributed by atoms with van der Waals surface area (Å²) in [6.45, 7) is 1.92. The third-order valence-corrected chi connectivity index (χ3v) is 5.83. The zero-order valence-electron chi connectivity index (χ0n) is 18.5. The fourth-order valence-electron chi connectivity index (χ4n) is 4.07. The monoisotopic (exact) mass is 447 g/mol. The van der Waals surface area contributed by atoms with Gasteiger partial charge in [0.05, 0.1) is 31.5 Å². The standard InChI is InChI=1S/C25H29N5O3/c31-24(13-15-33-22-11-5-2-6-12-22)29-14-7-10-21(16-29)25(32)28-23(17-30-19-26-18-27-30)20-8-3-1-4-9-20/h1-6,8-9,11-12,18-19,21,23H,7,10,13-17H2,(H,28,32). The van der Waals surface area contributed by atoms with Crippen molar-refractivity contribution in [2.45, 2.75) is 31.8 Å². The molecule has 8 heteroatoms. The lowest BCUT2D eigenvalue weighted by atomic mass is 9.96.